The van der Waals surface area contributed by atoms with Gasteiger partial charge in [0.2, 0.25) is 0 Å². The Kier molecular flexibility index (Phi) is 6.66. The highest BCUT2D eigenvalue weighted by molar-refractivity contribution is 5.44. The number of rotatable bonds is 6. The molecule has 0 aromatic heterocycles. The summed E-state index contributed by atoms with van der Waals surface area (Å²) in [7, 11) is 0. The molecule has 2 heteroatoms. The first-order valence-electron chi connectivity index (χ1n) is 9.81. The van der Waals surface area contributed by atoms with Gasteiger partial charge in [0.05, 0.1) is 6.04 Å². The van der Waals surface area contributed by atoms with Gasteiger partial charge in [-0.2, -0.15) is 0 Å². The van der Waals surface area contributed by atoms with Crippen LogP contribution in [0.1, 0.15) is 30.5 Å². The lowest BCUT2D eigenvalue weighted by Crippen LogP contribution is -3.13. The Hall–Kier alpha value is -2.86. The molecule has 3 aromatic carbocycles. The van der Waals surface area contributed by atoms with Crippen LogP contribution >= 0.6 is 0 Å². The first-order valence-corrected chi connectivity index (χ1v) is 9.81. The van der Waals surface area contributed by atoms with Crippen LogP contribution < -0.4 is 4.90 Å². The number of quaternary nitrogens is 1. The second kappa shape index (κ2) is 9.37. The maximum Gasteiger partial charge on any atom is 0.177 e. The Morgan fingerprint density at radius 1 is 0.786 bits per heavy atom. The van der Waals surface area contributed by atoms with Crippen LogP contribution in [0.5, 0.6) is 0 Å². The molecule has 1 unspecified atom stereocenters. The predicted octanol–water partition coefficient (Wildman–Crippen LogP) is 3.42. The fourth-order valence-electron chi connectivity index (χ4n) is 3.28. The normalized spacial score (nSPS) is 12.3. The summed E-state index contributed by atoms with van der Waals surface area (Å²) in [5.41, 5.74) is 1.58. The van der Waals surface area contributed by atoms with E-state index in [1.807, 2.05) is 66.7 Å². The summed E-state index contributed by atoms with van der Waals surface area (Å²) < 4.78 is 0. The van der Waals surface area contributed by atoms with Crippen LogP contribution in [0.2, 0.25) is 0 Å². The van der Waals surface area contributed by atoms with Gasteiger partial charge in [-0.25, -0.2) is 0 Å². The molecule has 0 aliphatic carbocycles. The number of hydrogen-bond donors (Lipinski definition) is 2. The van der Waals surface area contributed by atoms with E-state index in [1.165, 1.54) is 10.5 Å². The molecule has 0 saturated heterocycles. The van der Waals surface area contributed by atoms with Crippen molar-refractivity contribution < 1.29 is 10.0 Å². The minimum atomic E-state index is -1.31. The molecule has 28 heavy (non-hydrogen) atoms. The summed E-state index contributed by atoms with van der Waals surface area (Å²) in [5.74, 6) is 6.47. The van der Waals surface area contributed by atoms with Crippen molar-refractivity contribution in [3.05, 3.63) is 108 Å². The smallest absolute Gasteiger partial charge is 0.177 e. The third-order valence-electron chi connectivity index (χ3n) is 5.06. The second-order valence-corrected chi connectivity index (χ2v) is 7.40. The van der Waals surface area contributed by atoms with Crippen LogP contribution in [0.15, 0.2) is 91.0 Å². The van der Waals surface area contributed by atoms with Crippen molar-refractivity contribution in [2.24, 2.45) is 0 Å². The molecule has 142 valence electrons. The molecule has 0 spiro atoms. The lowest BCUT2D eigenvalue weighted by molar-refractivity contribution is -0.928. The number of nitrogens with one attached hydrogen (secondary N) is 1. The number of aliphatic hydroxyl groups is 1. The zero-order chi connectivity index (χ0) is 19.8. The zero-order valence-corrected chi connectivity index (χ0v) is 16.6. The van der Waals surface area contributed by atoms with E-state index in [1.54, 1.807) is 0 Å². The molecule has 2 nitrogen and oxygen atoms in total. The van der Waals surface area contributed by atoms with Crippen molar-refractivity contribution >= 4 is 0 Å². The van der Waals surface area contributed by atoms with Gasteiger partial charge in [0.15, 0.2) is 5.60 Å². The number of hydrogen-bond acceptors (Lipinski definition) is 1. The van der Waals surface area contributed by atoms with Crippen molar-refractivity contribution in [1.82, 2.24) is 0 Å². The highest BCUT2D eigenvalue weighted by Gasteiger charge is 2.29. The largest absolute Gasteiger partial charge is 0.369 e. The van der Waals surface area contributed by atoms with Crippen LogP contribution in [0.3, 0.4) is 0 Å². The molecule has 0 radical (unpaired) electrons. The van der Waals surface area contributed by atoms with Crippen molar-refractivity contribution in [2.75, 3.05) is 6.54 Å². The first-order chi connectivity index (χ1) is 13.6. The molecular weight excluding hydrogens is 342 g/mol. The molecule has 0 saturated carbocycles. The van der Waals surface area contributed by atoms with Gasteiger partial charge in [-0.1, -0.05) is 96.9 Å². The van der Waals surface area contributed by atoms with Gasteiger partial charge >= 0.3 is 0 Å². The van der Waals surface area contributed by atoms with Gasteiger partial charge in [0, 0.05) is 16.7 Å². The molecule has 0 bridgehead atoms. The molecule has 3 rings (SSSR count). The summed E-state index contributed by atoms with van der Waals surface area (Å²) in [5, 5.41) is 11.5. The molecule has 0 fully saturated rings. The van der Waals surface area contributed by atoms with Crippen molar-refractivity contribution in [3.63, 3.8) is 0 Å². The highest BCUT2D eigenvalue weighted by Crippen LogP contribution is 2.28. The molecule has 2 N–H and O–H groups in total. The summed E-state index contributed by atoms with van der Waals surface area (Å²) >= 11 is 0. The Bertz CT molecular complexity index is 869. The van der Waals surface area contributed by atoms with Crippen LogP contribution in [-0.2, 0) is 12.1 Å². The van der Waals surface area contributed by atoms with E-state index >= 15 is 0 Å². The standard InChI is InChI=1S/C26H27NO/c1-22(2)27(21-23-13-6-3-7-14-23)20-12-19-26(28,24-15-8-4-9-16-24)25-17-10-5-11-18-25/h3-11,13-18,22,28H,20-21H2,1-2H3/p+1. The fraction of sp³-hybridized carbons (Fsp3) is 0.231. The van der Waals surface area contributed by atoms with Gasteiger partial charge in [-0.3, -0.25) is 0 Å². The minimum Gasteiger partial charge on any atom is -0.369 e. The van der Waals surface area contributed by atoms with E-state index in [4.69, 9.17) is 0 Å². The molecular formula is C26H28NO+. The van der Waals surface area contributed by atoms with Gasteiger partial charge in [-0.05, 0) is 19.8 Å². The van der Waals surface area contributed by atoms with E-state index in [2.05, 4.69) is 50.0 Å². The Balaban J connectivity index is 1.86. The molecule has 0 amide bonds. The lowest BCUT2D eigenvalue weighted by atomic mass is 9.87. The quantitative estimate of drug-likeness (QED) is 0.639. The Morgan fingerprint density at radius 2 is 1.25 bits per heavy atom. The zero-order valence-electron chi connectivity index (χ0n) is 16.6. The fourth-order valence-corrected chi connectivity index (χ4v) is 3.28. The highest BCUT2D eigenvalue weighted by atomic mass is 16.3. The molecule has 0 aliphatic rings. The maximum absolute atomic E-state index is 11.5. The van der Waals surface area contributed by atoms with Crippen LogP contribution in [0.4, 0.5) is 0 Å². The monoisotopic (exact) mass is 370 g/mol. The predicted molar refractivity (Wildman–Crippen MR) is 115 cm³/mol. The SMILES string of the molecule is CC(C)[NH+](CC#CC(O)(c1ccccc1)c1ccccc1)Cc1ccccc1. The Morgan fingerprint density at radius 3 is 1.71 bits per heavy atom. The second-order valence-electron chi connectivity index (χ2n) is 7.40. The number of benzene rings is 3. The average molecular weight is 371 g/mol. The van der Waals surface area contributed by atoms with Crippen LogP contribution in [-0.4, -0.2) is 17.7 Å². The van der Waals surface area contributed by atoms with Crippen molar-refractivity contribution in [3.8, 4) is 11.8 Å². The van der Waals surface area contributed by atoms with E-state index < -0.39 is 5.60 Å². The summed E-state index contributed by atoms with van der Waals surface area (Å²) in [6.07, 6.45) is 0. The molecule has 0 aliphatic heterocycles. The maximum atomic E-state index is 11.5. The van der Waals surface area contributed by atoms with Gasteiger partial charge in [0.1, 0.15) is 13.1 Å². The summed E-state index contributed by atoms with van der Waals surface area (Å²) in [6, 6.07) is 30.3. The Labute approximate surface area is 168 Å². The average Bonchev–Trinajstić information content (AvgIpc) is 2.75. The first kappa shape index (κ1) is 19.9. The van der Waals surface area contributed by atoms with Gasteiger partial charge in [-0.15, -0.1) is 0 Å². The molecule has 1 atom stereocenters. The third kappa shape index (κ3) is 4.89. The molecule has 3 aromatic rings. The van der Waals surface area contributed by atoms with E-state index in [-0.39, 0.29) is 0 Å². The van der Waals surface area contributed by atoms with E-state index in [0.717, 1.165) is 17.7 Å². The summed E-state index contributed by atoms with van der Waals surface area (Å²) in [4.78, 5) is 1.38. The van der Waals surface area contributed by atoms with Crippen LogP contribution in [0.25, 0.3) is 0 Å². The van der Waals surface area contributed by atoms with Gasteiger partial charge in [0.25, 0.3) is 0 Å². The molecule has 0 heterocycles. The van der Waals surface area contributed by atoms with E-state index in [9.17, 15) is 5.11 Å². The van der Waals surface area contributed by atoms with E-state index in [0.29, 0.717) is 12.6 Å². The third-order valence-corrected chi connectivity index (χ3v) is 5.06. The van der Waals surface area contributed by atoms with Gasteiger partial charge < -0.3 is 10.0 Å². The minimum absolute atomic E-state index is 0.441. The summed E-state index contributed by atoms with van der Waals surface area (Å²) in [6.45, 7) is 6.01. The van der Waals surface area contributed by atoms with Crippen LogP contribution in [0, 0.1) is 11.8 Å². The van der Waals surface area contributed by atoms with Crippen molar-refractivity contribution in [1.29, 1.82) is 0 Å². The lowest BCUT2D eigenvalue weighted by Gasteiger charge is -2.24. The topological polar surface area (TPSA) is 24.7 Å². The van der Waals surface area contributed by atoms with Crippen molar-refractivity contribution in [2.45, 2.75) is 32.0 Å².